The number of nitrogens with zero attached hydrogens (tertiary/aromatic N) is 3. The fraction of sp³-hybridized carbons (Fsp3) is 0.800. The smallest absolute Gasteiger partial charge is 0.226 e. The van der Waals surface area contributed by atoms with Gasteiger partial charge in [-0.3, -0.25) is 4.90 Å². The van der Waals surface area contributed by atoms with Gasteiger partial charge in [0.05, 0.1) is 13.2 Å². The first-order valence-corrected chi connectivity index (χ1v) is 5.53. The lowest BCUT2D eigenvalue weighted by Crippen LogP contribution is -2.32. The molecule has 6 heteroatoms. The van der Waals surface area contributed by atoms with E-state index in [1.165, 1.54) is 0 Å². The van der Waals surface area contributed by atoms with Gasteiger partial charge in [0.2, 0.25) is 5.89 Å². The van der Waals surface area contributed by atoms with Crippen LogP contribution in [0.5, 0.6) is 0 Å². The molecule has 0 radical (unpaired) electrons. The Labute approximate surface area is 93.2 Å². The summed E-state index contributed by atoms with van der Waals surface area (Å²) in [4.78, 5) is 6.02. The van der Waals surface area contributed by atoms with Crippen LogP contribution in [-0.2, 0) is 13.0 Å². The van der Waals surface area contributed by atoms with Crippen molar-refractivity contribution in [1.29, 1.82) is 0 Å². The Kier molecular flexibility index (Phi) is 3.50. The zero-order chi connectivity index (χ0) is 11.5. The minimum atomic E-state index is -0.866. The van der Waals surface area contributed by atoms with Crippen molar-refractivity contribution < 1.29 is 14.0 Å². The highest BCUT2D eigenvalue weighted by Crippen LogP contribution is 2.21. The second-order valence-corrected chi connectivity index (χ2v) is 4.06. The summed E-state index contributed by atoms with van der Waals surface area (Å²) in [5.74, 6) is 1.15. The van der Waals surface area contributed by atoms with E-state index < -0.39 is 6.17 Å². The van der Waals surface area contributed by atoms with E-state index in [1.54, 1.807) is 0 Å². The molecule has 1 aromatic heterocycles. The van der Waals surface area contributed by atoms with Gasteiger partial charge in [0.25, 0.3) is 0 Å². The lowest BCUT2D eigenvalue weighted by Gasteiger charge is -2.19. The highest BCUT2D eigenvalue weighted by atomic mass is 19.1. The summed E-state index contributed by atoms with van der Waals surface area (Å²) < 4.78 is 18.1. The number of aromatic nitrogens is 2. The Bertz CT molecular complexity index is 345. The molecule has 1 fully saturated rings. The van der Waals surface area contributed by atoms with Crippen molar-refractivity contribution in [3.63, 3.8) is 0 Å². The maximum atomic E-state index is 13.2. The van der Waals surface area contributed by atoms with Crippen molar-refractivity contribution >= 4 is 0 Å². The summed E-state index contributed by atoms with van der Waals surface area (Å²) in [6, 6.07) is -0.126. The van der Waals surface area contributed by atoms with E-state index in [0.29, 0.717) is 37.6 Å². The normalized spacial score (nSPS) is 26.4. The summed E-state index contributed by atoms with van der Waals surface area (Å²) >= 11 is 0. The Balaban J connectivity index is 1.98. The maximum Gasteiger partial charge on any atom is 0.226 e. The third-order valence-electron chi connectivity index (χ3n) is 2.84. The molecule has 5 nitrogen and oxygen atoms in total. The van der Waals surface area contributed by atoms with Crippen LogP contribution < -0.4 is 0 Å². The second kappa shape index (κ2) is 4.88. The standard InChI is InChI=1S/C10H16FN3O2/c1-2-10-12-9(13-16-10)5-14-4-7(11)3-8(14)6-15/h7-8,15H,2-6H2,1H3/t7-,8-/m0/s1. The molecule has 0 bridgehead atoms. The summed E-state index contributed by atoms with van der Waals surface area (Å²) in [6.45, 7) is 2.68. The molecule has 1 N–H and O–H groups in total. The number of aliphatic hydroxyl groups excluding tert-OH is 1. The quantitative estimate of drug-likeness (QED) is 0.816. The van der Waals surface area contributed by atoms with Gasteiger partial charge in [-0.1, -0.05) is 12.1 Å². The molecule has 1 aliphatic rings. The van der Waals surface area contributed by atoms with Crippen LogP contribution in [0, 0.1) is 0 Å². The van der Waals surface area contributed by atoms with Crippen LogP contribution >= 0.6 is 0 Å². The summed E-state index contributed by atoms with van der Waals surface area (Å²) in [7, 11) is 0. The van der Waals surface area contributed by atoms with Gasteiger partial charge in [-0.25, -0.2) is 4.39 Å². The van der Waals surface area contributed by atoms with E-state index in [-0.39, 0.29) is 12.6 Å². The lowest BCUT2D eigenvalue weighted by atomic mass is 10.2. The van der Waals surface area contributed by atoms with Gasteiger partial charge in [0.1, 0.15) is 6.17 Å². The van der Waals surface area contributed by atoms with Gasteiger partial charge < -0.3 is 9.63 Å². The van der Waals surface area contributed by atoms with E-state index in [0.717, 1.165) is 0 Å². The molecule has 1 saturated heterocycles. The first-order valence-electron chi connectivity index (χ1n) is 5.53. The van der Waals surface area contributed by atoms with Gasteiger partial charge in [-0.15, -0.1) is 0 Å². The molecule has 2 rings (SSSR count). The van der Waals surface area contributed by atoms with Crippen LogP contribution in [0.3, 0.4) is 0 Å². The Morgan fingerprint density at radius 1 is 1.62 bits per heavy atom. The number of hydrogen-bond acceptors (Lipinski definition) is 5. The van der Waals surface area contributed by atoms with Crippen LogP contribution in [0.15, 0.2) is 4.52 Å². The molecule has 0 saturated carbocycles. The topological polar surface area (TPSA) is 62.4 Å². The van der Waals surface area contributed by atoms with E-state index in [1.807, 2.05) is 11.8 Å². The number of rotatable bonds is 4. The van der Waals surface area contributed by atoms with E-state index >= 15 is 0 Å². The van der Waals surface area contributed by atoms with Crippen LogP contribution in [-0.4, -0.2) is 45.5 Å². The lowest BCUT2D eigenvalue weighted by molar-refractivity contribution is 0.149. The number of likely N-dealkylation sites (tertiary alicyclic amines) is 1. The van der Waals surface area contributed by atoms with Crippen LogP contribution in [0.1, 0.15) is 25.1 Å². The summed E-state index contributed by atoms with van der Waals surface area (Å²) in [5.41, 5.74) is 0. The van der Waals surface area contributed by atoms with Crippen molar-refractivity contribution in [3.05, 3.63) is 11.7 Å². The molecule has 1 aliphatic heterocycles. The average molecular weight is 229 g/mol. The van der Waals surface area contributed by atoms with Gasteiger partial charge in [0, 0.05) is 19.0 Å². The highest BCUT2D eigenvalue weighted by molar-refractivity contribution is 4.91. The van der Waals surface area contributed by atoms with Gasteiger partial charge in [-0.2, -0.15) is 4.98 Å². The largest absolute Gasteiger partial charge is 0.395 e. The van der Waals surface area contributed by atoms with Crippen molar-refractivity contribution in [2.75, 3.05) is 13.2 Å². The fourth-order valence-electron chi connectivity index (χ4n) is 1.99. The predicted molar refractivity (Wildman–Crippen MR) is 54.5 cm³/mol. The summed E-state index contributed by atoms with van der Waals surface area (Å²) in [5, 5.41) is 12.9. The minimum absolute atomic E-state index is 0.0289. The SMILES string of the molecule is CCc1nc(CN2C[C@@H](F)C[C@H]2CO)no1. The van der Waals surface area contributed by atoms with Crippen LogP contribution in [0.2, 0.25) is 0 Å². The molecule has 2 atom stereocenters. The Morgan fingerprint density at radius 2 is 2.44 bits per heavy atom. The van der Waals surface area contributed by atoms with Gasteiger partial charge >= 0.3 is 0 Å². The highest BCUT2D eigenvalue weighted by Gasteiger charge is 2.32. The summed E-state index contributed by atoms with van der Waals surface area (Å²) in [6.07, 6.45) is 0.214. The fourth-order valence-corrected chi connectivity index (χ4v) is 1.99. The zero-order valence-electron chi connectivity index (χ0n) is 9.27. The first-order chi connectivity index (χ1) is 7.72. The zero-order valence-corrected chi connectivity index (χ0v) is 9.27. The molecular weight excluding hydrogens is 213 g/mol. The molecule has 0 amide bonds. The minimum Gasteiger partial charge on any atom is -0.395 e. The molecule has 90 valence electrons. The van der Waals surface area contributed by atoms with Crippen molar-refractivity contribution in [2.24, 2.45) is 0 Å². The molecule has 0 aliphatic carbocycles. The van der Waals surface area contributed by atoms with E-state index in [2.05, 4.69) is 10.1 Å². The van der Waals surface area contributed by atoms with E-state index in [4.69, 9.17) is 9.63 Å². The third kappa shape index (κ3) is 2.38. The van der Waals surface area contributed by atoms with Gasteiger partial charge in [0.15, 0.2) is 5.82 Å². The average Bonchev–Trinajstić information content (AvgIpc) is 2.85. The molecule has 2 heterocycles. The monoisotopic (exact) mass is 229 g/mol. The molecule has 0 unspecified atom stereocenters. The van der Waals surface area contributed by atoms with Crippen LogP contribution in [0.4, 0.5) is 4.39 Å². The molecule has 16 heavy (non-hydrogen) atoms. The van der Waals surface area contributed by atoms with Crippen molar-refractivity contribution in [2.45, 2.75) is 38.5 Å². The Morgan fingerprint density at radius 3 is 3.06 bits per heavy atom. The number of aliphatic hydroxyl groups is 1. The Hall–Kier alpha value is -1.01. The molecule has 1 aromatic rings. The van der Waals surface area contributed by atoms with E-state index in [9.17, 15) is 4.39 Å². The second-order valence-electron chi connectivity index (χ2n) is 4.06. The van der Waals surface area contributed by atoms with Gasteiger partial charge in [-0.05, 0) is 6.42 Å². The van der Waals surface area contributed by atoms with Crippen LogP contribution in [0.25, 0.3) is 0 Å². The molecule has 0 aromatic carbocycles. The molecular formula is C10H16FN3O2. The number of aryl methyl sites for hydroxylation is 1. The number of halogens is 1. The van der Waals surface area contributed by atoms with Crippen molar-refractivity contribution in [1.82, 2.24) is 15.0 Å². The third-order valence-corrected chi connectivity index (χ3v) is 2.84. The predicted octanol–water partition coefficient (Wildman–Crippen LogP) is 0.537. The first kappa shape index (κ1) is 11.5. The number of hydrogen-bond donors (Lipinski definition) is 1. The maximum absolute atomic E-state index is 13.2. The van der Waals surface area contributed by atoms with Crippen molar-refractivity contribution in [3.8, 4) is 0 Å². The number of alkyl halides is 1. The molecule has 0 spiro atoms.